The molecule has 2 aromatic carbocycles. The van der Waals surface area contributed by atoms with Gasteiger partial charge in [-0.15, -0.1) is 0 Å². The number of unbranched alkanes of at least 4 members (excludes halogenated alkanes) is 4. The predicted octanol–water partition coefficient (Wildman–Crippen LogP) is 6.10. The van der Waals surface area contributed by atoms with E-state index in [4.69, 9.17) is 0 Å². The van der Waals surface area contributed by atoms with Gasteiger partial charge in [0.15, 0.2) is 0 Å². The molecule has 0 N–H and O–H groups in total. The number of rotatable bonds is 8. The molecule has 0 saturated heterocycles. The monoisotopic (exact) mass is 280 g/mol. The molecule has 0 spiro atoms. The van der Waals surface area contributed by atoms with Crippen LogP contribution in [0.1, 0.15) is 61.3 Å². The van der Waals surface area contributed by atoms with Gasteiger partial charge in [0.05, 0.1) is 0 Å². The molecule has 0 radical (unpaired) electrons. The van der Waals surface area contributed by atoms with Gasteiger partial charge in [0.2, 0.25) is 0 Å². The minimum atomic E-state index is 1.05. The third-order valence-corrected chi connectivity index (χ3v) is 4.22. The van der Waals surface area contributed by atoms with Crippen LogP contribution in [-0.4, -0.2) is 0 Å². The van der Waals surface area contributed by atoms with E-state index in [0.717, 1.165) is 6.42 Å². The summed E-state index contributed by atoms with van der Waals surface area (Å²) in [4.78, 5) is 0. The number of benzene rings is 2. The van der Waals surface area contributed by atoms with Crippen LogP contribution in [0.2, 0.25) is 0 Å². The van der Waals surface area contributed by atoms with Crippen molar-refractivity contribution in [2.75, 3.05) is 0 Å². The zero-order valence-corrected chi connectivity index (χ0v) is 13.6. The number of hydrogen-bond acceptors (Lipinski definition) is 0. The normalized spacial score (nSPS) is 10.8. The summed E-state index contributed by atoms with van der Waals surface area (Å²) < 4.78 is 0. The van der Waals surface area contributed by atoms with E-state index in [1.807, 2.05) is 0 Å². The lowest BCUT2D eigenvalue weighted by molar-refractivity contribution is 0.632. The molecule has 0 fully saturated rings. The first-order valence-corrected chi connectivity index (χ1v) is 8.42. The third-order valence-electron chi connectivity index (χ3n) is 4.22. The molecule has 21 heavy (non-hydrogen) atoms. The summed E-state index contributed by atoms with van der Waals surface area (Å²) in [6, 6.07) is 17.8. The van der Waals surface area contributed by atoms with Crippen molar-refractivity contribution < 1.29 is 0 Å². The van der Waals surface area contributed by atoms with E-state index in [9.17, 15) is 0 Å². The topological polar surface area (TPSA) is 0 Å². The summed E-state index contributed by atoms with van der Waals surface area (Å²) >= 11 is 0. The van der Waals surface area contributed by atoms with Gasteiger partial charge in [0.25, 0.3) is 0 Å². The lowest BCUT2D eigenvalue weighted by Crippen LogP contribution is -1.93. The van der Waals surface area contributed by atoms with Crippen LogP contribution in [0, 0.1) is 6.92 Å². The van der Waals surface area contributed by atoms with Crippen molar-refractivity contribution in [3.05, 3.63) is 70.8 Å². The summed E-state index contributed by atoms with van der Waals surface area (Å²) in [6.07, 6.45) is 9.07. The second-order valence-electron chi connectivity index (χ2n) is 6.09. The molecule has 2 aromatic rings. The van der Waals surface area contributed by atoms with E-state index in [1.165, 1.54) is 60.8 Å². The Hall–Kier alpha value is -1.56. The maximum absolute atomic E-state index is 2.40. The molecule has 0 atom stereocenters. The molecule has 0 amide bonds. The van der Waals surface area contributed by atoms with Crippen LogP contribution < -0.4 is 0 Å². The molecule has 0 unspecified atom stereocenters. The fraction of sp³-hybridized carbons (Fsp3) is 0.429. The molecule has 0 nitrogen and oxygen atoms in total. The first-order chi connectivity index (χ1) is 10.3. The van der Waals surface area contributed by atoms with Gasteiger partial charge in [-0.1, -0.05) is 81.1 Å². The zero-order chi connectivity index (χ0) is 14.9. The predicted molar refractivity (Wildman–Crippen MR) is 92.9 cm³/mol. The second kappa shape index (κ2) is 8.67. The molecular formula is C21H28. The standard InChI is InChI=1S/C21H28/c1-3-4-5-6-7-12-19-13-10-14-20(16-19)17-21-15-9-8-11-18(21)2/h8-11,13-16H,3-7,12,17H2,1-2H3. The molecule has 0 aromatic heterocycles. The van der Waals surface area contributed by atoms with Crippen molar-refractivity contribution in [3.63, 3.8) is 0 Å². The van der Waals surface area contributed by atoms with E-state index < -0.39 is 0 Å². The van der Waals surface area contributed by atoms with Crippen LogP contribution in [0.15, 0.2) is 48.5 Å². The zero-order valence-electron chi connectivity index (χ0n) is 13.6. The highest BCUT2D eigenvalue weighted by molar-refractivity contribution is 5.33. The number of aryl methyl sites for hydroxylation is 2. The van der Waals surface area contributed by atoms with Gasteiger partial charge < -0.3 is 0 Å². The first kappa shape index (κ1) is 15.8. The van der Waals surface area contributed by atoms with Gasteiger partial charge in [0, 0.05) is 0 Å². The summed E-state index contributed by atoms with van der Waals surface area (Å²) in [6.45, 7) is 4.47. The van der Waals surface area contributed by atoms with Gasteiger partial charge >= 0.3 is 0 Å². The van der Waals surface area contributed by atoms with Crippen LogP contribution in [0.5, 0.6) is 0 Å². The molecule has 0 aliphatic carbocycles. The van der Waals surface area contributed by atoms with Crippen molar-refractivity contribution in [3.8, 4) is 0 Å². The van der Waals surface area contributed by atoms with Crippen LogP contribution in [0.25, 0.3) is 0 Å². The minimum Gasteiger partial charge on any atom is -0.0654 e. The van der Waals surface area contributed by atoms with Gasteiger partial charge in [-0.3, -0.25) is 0 Å². The van der Waals surface area contributed by atoms with Crippen LogP contribution in [0.3, 0.4) is 0 Å². The van der Waals surface area contributed by atoms with E-state index in [0.29, 0.717) is 0 Å². The van der Waals surface area contributed by atoms with Crippen LogP contribution >= 0.6 is 0 Å². The molecule has 0 heteroatoms. The second-order valence-corrected chi connectivity index (χ2v) is 6.09. The molecule has 0 heterocycles. The largest absolute Gasteiger partial charge is 0.0654 e. The van der Waals surface area contributed by atoms with Crippen molar-refractivity contribution in [1.82, 2.24) is 0 Å². The maximum Gasteiger partial charge on any atom is -0.00230 e. The Morgan fingerprint density at radius 1 is 0.762 bits per heavy atom. The van der Waals surface area contributed by atoms with Gasteiger partial charge in [0.1, 0.15) is 0 Å². The Kier molecular flexibility index (Phi) is 6.53. The summed E-state index contributed by atoms with van der Waals surface area (Å²) in [5.41, 5.74) is 5.77. The molecule has 2 rings (SSSR count). The molecule has 0 aliphatic rings. The number of hydrogen-bond donors (Lipinski definition) is 0. The Balaban J connectivity index is 1.90. The minimum absolute atomic E-state index is 1.05. The highest BCUT2D eigenvalue weighted by Crippen LogP contribution is 2.16. The first-order valence-electron chi connectivity index (χ1n) is 8.42. The van der Waals surface area contributed by atoms with Gasteiger partial charge in [-0.2, -0.15) is 0 Å². The molecular weight excluding hydrogens is 252 g/mol. The maximum atomic E-state index is 2.40. The Morgan fingerprint density at radius 3 is 2.33 bits per heavy atom. The van der Waals surface area contributed by atoms with Crippen molar-refractivity contribution in [2.45, 2.75) is 58.8 Å². The van der Waals surface area contributed by atoms with Gasteiger partial charge in [-0.05, 0) is 48.4 Å². The summed E-state index contributed by atoms with van der Waals surface area (Å²) in [5.74, 6) is 0. The quantitative estimate of drug-likeness (QED) is 0.513. The third kappa shape index (κ3) is 5.38. The molecule has 0 saturated carbocycles. The fourth-order valence-corrected chi connectivity index (χ4v) is 2.86. The Morgan fingerprint density at radius 2 is 1.52 bits per heavy atom. The van der Waals surface area contributed by atoms with Crippen LogP contribution in [-0.2, 0) is 12.8 Å². The van der Waals surface area contributed by atoms with Crippen molar-refractivity contribution in [1.29, 1.82) is 0 Å². The van der Waals surface area contributed by atoms with E-state index in [2.05, 4.69) is 62.4 Å². The van der Waals surface area contributed by atoms with E-state index in [-0.39, 0.29) is 0 Å². The van der Waals surface area contributed by atoms with Gasteiger partial charge in [-0.25, -0.2) is 0 Å². The lowest BCUT2D eigenvalue weighted by Gasteiger charge is -2.08. The molecule has 0 aliphatic heterocycles. The van der Waals surface area contributed by atoms with Crippen LogP contribution in [0.4, 0.5) is 0 Å². The van der Waals surface area contributed by atoms with Crippen molar-refractivity contribution in [2.24, 2.45) is 0 Å². The highest BCUT2D eigenvalue weighted by Gasteiger charge is 2.01. The Bertz CT molecular complexity index is 539. The van der Waals surface area contributed by atoms with Crippen molar-refractivity contribution >= 4 is 0 Å². The summed E-state index contributed by atoms with van der Waals surface area (Å²) in [7, 11) is 0. The molecule has 0 bridgehead atoms. The SMILES string of the molecule is CCCCCCCc1cccc(Cc2ccccc2C)c1. The van der Waals surface area contributed by atoms with E-state index >= 15 is 0 Å². The smallest absolute Gasteiger partial charge is 0.00230 e. The average molecular weight is 280 g/mol. The lowest BCUT2D eigenvalue weighted by atomic mass is 9.98. The molecule has 112 valence electrons. The summed E-state index contributed by atoms with van der Waals surface area (Å²) in [5, 5.41) is 0. The Labute approximate surface area is 130 Å². The fourth-order valence-electron chi connectivity index (χ4n) is 2.86. The highest BCUT2D eigenvalue weighted by atomic mass is 14.1. The van der Waals surface area contributed by atoms with E-state index in [1.54, 1.807) is 0 Å². The average Bonchev–Trinajstić information content (AvgIpc) is 2.50.